The zero-order valence-electron chi connectivity index (χ0n) is 14.7. The quantitative estimate of drug-likeness (QED) is 0.821. The molecule has 0 bridgehead atoms. The molecule has 2 aromatic carbocycles. The van der Waals surface area contributed by atoms with Gasteiger partial charge in [-0.3, -0.25) is 4.79 Å². The normalized spacial score (nSPS) is 12.4. The number of rotatable bonds is 7. The van der Waals surface area contributed by atoms with Gasteiger partial charge in [-0.15, -0.1) is 0 Å². The molecule has 0 unspecified atom stereocenters. The number of carbonyl (C=O) groups excluding carboxylic acids is 1. The van der Waals surface area contributed by atoms with E-state index in [2.05, 4.69) is 5.32 Å². The smallest absolute Gasteiger partial charge is 0.251 e. The Labute approximate surface area is 148 Å². The summed E-state index contributed by atoms with van der Waals surface area (Å²) >= 11 is 0. The Morgan fingerprint density at radius 2 is 1.68 bits per heavy atom. The van der Waals surface area contributed by atoms with Crippen molar-refractivity contribution in [2.24, 2.45) is 0 Å². The van der Waals surface area contributed by atoms with Crippen molar-refractivity contribution in [1.29, 1.82) is 0 Å². The van der Waals surface area contributed by atoms with E-state index in [1.807, 2.05) is 13.8 Å². The first-order valence-corrected chi connectivity index (χ1v) is 10.0. The predicted molar refractivity (Wildman–Crippen MR) is 97.7 cm³/mol. The van der Waals surface area contributed by atoms with Crippen molar-refractivity contribution in [1.82, 2.24) is 5.32 Å². The molecule has 0 fully saturated rings. The van der Waals surface area contributed by atoms with E-state index in [1.165, 1.54) is 6.26 Å². The Kier molecular flexibility index (Phi) is 6.20. The fourth-order valence-corrected chi connectivity index (χ4v) is 2.92. The average molecular weight is 361 g/mol. The molecule has 1 amide bonds. The van der Waals surface area contributed by atoms with Crippen molar-refractivity contribution in [3.05, 3.63) is 59.7 Å². The number of nitrogens with one attached hydrogen (secondary N) is 1. The van der Waals surface area contributed by atoms with Crippen LogP contribution >= 0.6 is 0 Å². The first-order valence-electron chi connectivity index (χ1n) is 8.15. The summed E-state index contributed by atoms with van der Waals surface area (Å²) < 4.78 is 28.5. The third kappa shape index (κ3) is 5.32. The van der Waals surface area contributed by atoms with E-state index in [9.17, 15) is 13.2 Å². The van der Waals surface area contributed by atoms with E-state index in [0.29, 0.717) is 12.2 Å². The van der Waals surface area contributed by atoms with Crippen LogP contribution in [0.15, 0.2) is 53.4 Å². The Morgan fingerprint density at radius 1 is 1.08 bits per heavy atom. The van der Waals surface area contributed by atoms with Crippen molar-refractivity contribution in [3.63, 3.8) is 0 Å². The summed E-state index contributed by atoms with van der Waals surface area (Å²) in [7, 11) is -3.22. The van der Waals surface area contributed by atoms with Crippen molar-refractivity contribution < 1.29 is 17.9 Å². The monoisotopic (exact) mass is 361 g/mol. The lowest BCUT2D eigenvalue weighted by molar-refractivity contribution is 0.0940. The molecule has 25 heavy (non-hydrogen) atoms. The van der Waals surface area contributed by atoms with E-state index in [0.717, 1.165) is 17.7 Å². The molecule has 2 aromatic rings. The molecule has 6 heteroatoms. The standard InChI is InChI=1S/C19H23NO4S/c1-4-13-24-17-9-5-16(6-10-17)19(21)20-14(2)15-7-11-18(12-8-15)25(3,22)23/h5-12,14H,4,13H2,1-3H3,(H,20,21)/t14-/m0/s1. The van der Waals surface area contributed by atoms with E-state index < -0.39 is 9.84 Å². The molecule has 0 spiro atoms. The van der Waals surface area contributed by atoms with E-state index in [-0.39, 0.29) is 16.8 Å². The molecule has 5 nitrogen and oxygen atoms in total. The zero-order chi connectivity index (χ0) is 18.4. The van der Waals surface area contributed by atoms with Crippen LogP contribution in [-0.4, -0.2) is 27.2 Å². The van der Waals surface area contributed by atoms with Gasteiger partial charge in [0.05, 0.1) is 17.5 Å². The van der Waals surface area contributed by atoms with Crippen molar-refractivity contribution >= 4 is 15.7 Å². The first-order chi connectivity index (χ1) is 11.8. The largest absolute Gasteiger partial charge is 0.494 e. The number of carbonyl (C=O) groups is 1. The Morgan fingerprint density at radius 3 is 2.20 bits per heavy atom. The lowest BCUT2D eigenvalue weighted by Gasteiger charge is -2.15. The maximum absolute atomic E-state index is 12.3. The van der Waals surface area contributed by atoms with Crippen LogP contribution in [0, 0.1) is 0 Å². The van der Waals surface area contributed by atoms with E-state index in [1.54, 1.807) is 48.5 Å². The van der Waals surface area contributed by atoms with E-state index >= 15 is 0 Å². The summed E-state index contributed by atoms with van der Waals surface area (Å²) in [6, 6.07) is 13.3. The SMILES string of the molecule is CCCOc1ccc(C(=O)N[C@@H](C)c2ccc(S(C)(=O)=O)cc2)cc1. The van der Waals surface area contributed by atoms with Gasteiger partial charge in [-0.05, 0) is 55.3 Å². The fraction of sp³-hybridized carbons (Fsp3) is 0.316. The maximum Gasteiger partial charge on any atom is 0.251 e. The third-order valence-corrected chi connectivity index (χ3v) is 4.87. The number of ether oxygens (including phenoxy) is 1. The highest BCUT2D eigenvalue weighted by atomic mass is 32.2. The minimum absolute atomic E-state index is 0.193. The number of amides is 1. The lowest BCUT2D eigenvalue weighted by Crippen LogP contribution is -2.26. The van der Waals surface area contributed by atoms with Crippen LogP contribution in [0.25, 0.3) is 0 Å². The molecular formula is C19H23NO4S. The molecule has 0 aliphatic carbocycles. The molecule has 0 saturated heterocycles. The maximum atomic E-state index is 12.3. The molecule has 2 rings (SSSR count). The lowest BCUT2D eigenvalue weighted by atomic mass is 10.1. The van der Waals surface area contributed by atoms with Crippen LogP contribution in [0.5, 0.6) is 5.75 Å². The van der Waals surface area contributed by atoms with Gasteiger partial charge in [0.25, 0.3) is 5.91 Å². The molecular weight excluding hydrogens is 338 g/mol. The topological polar surface area (TPSA) is 72.5 Å². The molecule has 0 aliphatic rings. The average Bonchev–Trinajstić information content (AvgIpc) is 2.59. The predicted octanol–water partition coefficient (Wildman–Crippen LogP) is 3.37. The number of hydrogen-bond acceptors (Lipinski definition) is 4. The van der Waals surface area contributed by atoms with Crippen LogP contribution < -0.4 is 10.1 Å². The molecule has 0 saturated carbocycles. The van der Waals surface area contributed by atoms with Crippen LogP contribution in [0.1, 0.15) is 42.2 Å². The minimum atomic E-state index is -3.22. The molecule has 0 aromatic heterocycles. The molecule has 1 N–H and O–H groups in total. The molecule has 134 valence electrons. The third-order valence-electron chi connectivity index (χ3n) is 3.75. The first kappa shape index (κ1) is 19.0. The van der Waals surface area contributed by atoms with Crippen LogP contribution in [0.2, 0.25) is 0 Å². The second kappa shape index (κ2) is 8.16. The summed E-state index contributed by atoms with van der Waals surface area (Å²) in [6.45, 7) is 4.53. The highest BCUT2D eigenvalue weighted by Gasteiger charge is 2.13. The van der Waals surface area contributed by atoms with Gasteiger partial charge in [-0.1, -0.05) is 19.1 Å². The van der Waals surface area contributed by atoms with Crippen LogP contribution in [-0.2, 0) is 9.84 Å². The molecule has 0 aliphatic heterocycles. The summed E-state index contributed by atoms with van der Waals surface area (Å²) in [6.07, 6.45) is 2.10. The molecule has 0 heterocycles. The van der Waals surface area contributed by atoms with Crippen molar-refractivity contribution in [3.8, 4) is 5.75 Å². The number of sulfone groups is 1. The highest BCUT2D eigenvalue weighted by molar-refractivity contribution is 7.90. The van der Waals surface area contributed by atoms with Gasteiger partial charge in [-0.25, -0.2) is 8.42 Å². The minimum Gasteiger partial charge on any atom is -0.494 e. The highest BCUT2D eigenvalue weighted by Crippen LogP contribution is 2.18. The second-order valence-electron chi connectivity index (χ2n) is 5.91. The summed E-state index contributed by atoms with van der Waals surface area (Å²) in [5.41, 5.74) is 1.38. The zero-order valence-corrected chi connectivity index (χ0v) is 15.5. The van der Waals surface area contributed by atoms with Crippen molar-refractivity contribution in [2.45, 2.75) is 31.2 Å². The second-order valence-corrected chi connectivity index (χ2v) is 7.92. The van der Waals surface area contributed by atoms with Gasteiger partial charge in [0, 0.05) is 11.8 Å². The van der Waals surface area contributed by atoms with Crippen LogP contribution in [0.3, 0.4) is 0 Å². The summed E-state index contributed by atoms with van der Waals surface area (Å²) in [4.78, 5) is 12.6. The van der Waals surface area contributed by atoms with E-state index in [4.69, 9.17) is 4.74 Å². The summed E-state index contributed by atoms with van der Waals surface area (Å²) in [5.74, 6) is 0.546. The Balaban J connectivity index is 2.02. The van der Waals surface area contributed by atoms with Gasteiger partial charge in [0.15, 0.2) is 9.84 Å². The summed E-state index contributed by atoms with van der Waals surface area (Å²) in [5, 5.41) is 2.90. The Bertz CT molecular complexity index is 812. The fourth-order valence-electron chi connectivity index (χ4n) is 2.29. The van der Waals surface area contributed by atoms with Crippen LogP contribution in [0.4, 0.5) is 0 Å². The number of hydrogen-bond donors (Lipinski definition) is 1. The van der Waals surface area contributed by atoms with Gasteiger partial charge >= 0.3 is 0 Å². The van der Waals surface area contributed by atoms with Gasteiger partial charge in [0.1, 0.15) is 5.75 Å². The van der Waals surface area contributed by atoms with Gasteiger partial charge in [-0.2, -0.15) is 0 Å². The molecule has 0 radical (unpaired) electrons. The molecule has 1 atom stereocenters. The van der Waals surface area contributed by atoms with Gasteiger partial charge in [0.2, 0.25) is 0 Å². The van der Waals surface area contributed by atoms with Crippen molar-refractivity contribution in [2.75, 3.05) is 12.9 Å². The Hall–Kier alpha value is -2.34. The number of benzene rings is 2. The van der Waals surface area contributed by atoms with Gasteiger partial charge < -0.3 is 10.1 Å².